The zero-order valence-corrected chi connectivity index (χ0v) is 10.8. The molecular formula is C14H18N2O. The Labute approximate surface area is 101 Å². The third-order valence-electron chi connectivity index (χ3n) is 3.79. The predicted molar refractivity (Wildman–Crippen MR) is 67.8 cm³/mol. The van der Waals surface area contributed by atoms with E-state index >= 15 is 0 Å². The van der Waals surface area contributed by atoms with Gasteiger partial charge in [0.1, 0.15) is 0 Å². The van der Waals surface area contributed by atoms with Crippen LogP contribution in [-0.4, -0.2) is 16.5 Å². The number of pyridine rings is 1. The number of hydrogen-bond donors (Lipinski definition) is 0. The van der Waals surface area contributed by atoms with Crippen molar-refractivity contribution in [3.8, 4) is 5.75 Å². The summed E-state index contributed by atoms with van der Waals surface area (Å²) in [5.74, 6) is 1.38. The summed E-state index contributed by atoms with van der Waals surface area (Å²) in [7, 11) is 1.70. The summed E-state index contributed by atoms with van der Waals surface area (Å²) < 4.78 is 7.58. The number of imidazole rings is 1. The maximum atomic E-state index is 5.38. The Kier molecular flexibility index (Phi) is 2.03. The minimum absolute atomic E-state index is 0.195. The predicted octanol–water partition coefficient (Wildman–Crippen LogP) is 3.13. The lowest BCUT2D eigenvalue weighted by Crippen LogP contribution is -2.15. The third-order valence-corrected chi connectivity index (χ3v) is 3.79. The van der Waals surface area contributed by atoms with Gasteiger partial charge in [0.2, 0.25) is 0 Å². The van der Waals surface area contributed by atoms with Gasteiger partial charge >= 0.3 is 0 Å². The van der Waals surface area contributed by atoms with Crippen LogP contribution >= 0.6 is 0 Å². The first-order valence-electron chi connectivity index (χ1n) is 6.10. The molecule has 0 N–H and O–H groups in total. The summed E-state index contributed by atoms with van der Waals surface area (Å²) in [6.07, 6.45) is 3.26. The number of methoxy groups -OCH3 is 1. The van der Waals surface area contributed by atoms with Gasteiger partial charge in [-0.2, -0.15) is 0 Å². The van der Waals surface area contributed by atoms with E-state index in [4.69, 9.17) is 9.72 Å². The summed E-state index contributed by atoms with van der Waals surface area (Å²) in [5.41, 5.74) is 3.72. The van der Waals surface area contributed by atoms with E-state index in [0.717, 1.165) is 11.4 Å². The molecule has 2 heterocycles. The van der Waals surface area contributed by atoms with Crippen LogP contribution in [0.1, 0.15) is 44.5 Å². The first-order valence-corrected chi connectivity index (χ1v) is 6.10. The average Bonchev–Trinajstić information content (AvgIpc) is 2.76. The molecule has 1 aliphatic rings. The van der Waals surface area contributed by atoms with E-state index in [9.17, 15) is 0 Å². The molecule has 0 radical (unpaired) electrons. The molecule has 3 rings (SSSR count). The van der Waals surface area contributed by atoms with Crippen LogP contribution in [0.2, 0.25) is 0 Å². The van der Waals surface area contributed by atoms with Gasteiger partial charge in [-0.15, -0.1) is 0 Å². The number of rotatable bonds is 1. The fourth-order valence-electron chi connectivity index (χ4n) is 3.19. The highest BCUT2D eigenvalue weighted by Gasteiger charge is 2.39. The van der Waals surface area contributed by atoms with E-state index in [1.807, 2.05) is 12.1 Å². The van der Waals surface area contributed by atoms with Crippen LogP contribution < -0.4 is 4.74 Å². The van der Waals surface area contributed by atoms with E-state index in [1.165, 1.54) is 17.8 Å². The SMILES string of the molecule is COc1cccn2c3c(nc12)C(C)CC3(C)C. The van der Waals surface area contributed by atoms with Crippen molar-refractivity contribution in [2.75, 3.05) is 7.11 Å². The standard InChI is InChI=1S/C14H18N2O/c1-9-8-14(2,3)12-11(9)15-13-10(17-4)6-5-7-16(12)13/h5-7,9H,8H2,1-4H3. The second-order valence-corrected chi connectivity index (χ2v) is 5.60. The lowest BCUT2D eigenvalue weighted by atomic mass is 9.89. The highest BCUT2D eigenvalue weighted by atomic mass is 16.5. The van der Waals surface area contributed by atoms with Crippen LogP contribution in [0.3, 0.4) is 0 Å². The molecule has 0 saturated heterocycles. The number of aromatic nitrogens is 2. The fourth-order valence-corrected chi connectivity index (χ4v) is 3.19. The third kappa shape index (κ3) is 1.31. The molecule has 0 aliphatic heterocycles. The molecule has 17 heavy (non-hydrogen) atoms. The topological polar surface area (TPSA) is 26.5 Å². The van der Waals surface area contributed by atoms with Crippen molar-refractivity contribution in [1.29, 1.82) is 0 Å². The van der Waals surface area contributed by atoms with Crippen molar-refractivity contribution in [3.05, 3.63) is 29.7 Å². The molecule has 2 aromatic heterocycles. The molecule has 0 saturated carbocycles. The Balaban J connectivity index is 2.38. The maximum Gasteiger partial charge on any atom is 0.180 e. The molecule has 0 bridgehead atoms. The first-order chi connectivity index (χ1) is 8.04. The lowest BCUT2D eigenvalue weighted by Gasteiger charge is -2.19. The molecule has 3 heteroatoms. The van der Waals surface area contributed by atoms with Gasteiger partial charge in [0.15, 0.2) is 11.4 Å². The second-order valence-electron chi connectivity index (χ2n) is 5.60. The quantitative estimate of drug-likeness (QED) is 0.752. The molecule has 0 fully saturated rings. The first kappa shape index (κ1) is 10.6. The van der Waals surface area contributed by atoms with Gasteiger partial charge in [-0.25, -0.2) is 4.98 Å². The minimum Gasteiger partial charge on any atom is -0.493 e. The van der Waals surface area contributed by atoms with Gasteiger partial charge in [0.25, 0.3) is 0 Å². The number of fused-ring (bicyclic) bond motifs is 3. The molecule has 2 aromatic rings. The Morgan fingerprint density at radius 3 is 2.94 bits per heavy atom. The smallest absolute Gasteiger partial charge is 0.180 e. The zero-order chi connectivity index (χ0) is 12.2. The number of hydrogen-bond acceptors (Lipinski definition) is 2. The molecular weight excluding hydrogens is 212 g/mol. The van der Waals surface area contributed by atoms with Crippen LogP contribution in [0, 0.1) is 0 Å². The highest BCUT2D eigenvalue weighted by Crippen LogP contribution is 2.46. The van der Waals surface area contributed by atoms with Gasteiger partial charge in [-0.05, 0) is 18.6 Å². The van der Waals surface area contributed by atoms with Crippen LogP contribution in [0.15, 0.2) is 18.3 Å². The van der Waals surface area contributed by atoms with Gasteiger partial charge in [0.05, 0.1) is 18.5 Å². The monoisotopic (exact) mass is 230 g/mol. The van der Waals surface area contributed by atoms with E-state index < -0.39 is 0 Å². The van der Waals surface area contributed by atoms with Gasteiger partial charge in [0, 0.05) is 17.5 Å². The van der Waals surface area contributed by atoms with Crippen LogP contribution in [-0.2, 0) is 5.41 Å². The summed E-state index contributed by atoms with van der Waals surface area (Å²) >= 11 is 0. The molecule has 0 spiro atoms. The van der Waals surface area contributed by atoms with Crippen molar-refractivity contribution in [2.45, 2.75) is 38.5 Å². The lowest BCUT2D eigenvalue weighted by molar-refractivity contribution is 0.415. The summed E-state index contributed by atoms with van der Waals surface area (Å²) in [6, 6.07) is 3.99. The number of ether oxygens (including phenoxy) is 1. The summed E-state index contributed by atoms with van der Waals surface area (Å²) in [5, 5.41) is 0. The highest BCUT2D eigenvalue weighted by molar-refractivity contribution is 5.58. The minimum atomic E-state index is 0.195. The molecule has 0 amide bonds. The maximum absolute atomic E-state index is 5.38. The average molecular weight is 230 g/mol. The Bertz CT molecular complexity index is 583. The largest absolute Gasteiger partial charge is 0.493 e. The van der Waals surface area contributed by atoms with E-state index in [-0.39, 0.29) is 5.41 Å². The molecule has 0 aromatic carbocycles. The van der Waals surface area contributed by atoms with Crippen molar-refractivity contribution in [3.63, 3.8) is 0 Å². The van der Waals surface area contributed by atoms with E-state index in [0.29, 0.717) is 5.92 Å². The van der Waals surface area contributed by atoms with Crippen molar-refractivity contribution in [1.82, 2.24) is 9.38 Å². The molecule has 3 nitrogen and oxygen atoms in total. The van der Waals surface area contributed by atoms with Crippen molar-refractivity contribution in [2.24, 2.45) is 0 Å². The Morgan fingerprint density at radius 1 is 1.47 bits per heavy atom. The van der Waals surface area contributed by atoms with E-state index in [1.54, 1.807) is 7.11 Å². The van der Waals surface area contributed by atoms with Crippen LogP contribution in [0.25, 0.3) is 5.65 Å². The summed E-state index contributed by atoms with van der Waals surface area (Å²) in [4.78, 5) is 4.78. The number of nitrogens with zero attached hydrogens (tertiary/aromatic N) is 2. The zero-order valence-electron chi connectivity index (χ0n) is 10.8. The normalized spacial score (nSPS) is 21.8. The van der Waals surface area contributed by atoms with Crippen LogP contribution in [0.4, 0.5) is 0 Å². The van der Waals surface area contributed by atoms with Crippen molar-refractivity contribution >= 4 is 5.65 Å². The van der Waals surface area contributed by atoms with Gasteiger partial charge in [-0.3, -0.25) is 0 Å². The van der Waals surface area contributed by atoms with E-state index in [2.05, 4.69) is 31.4 Å². The molecule has 1 unspecified atom stereocenters. The van der Waals surface area contributed by atoms with Crippen molar-refractivity contribution < 1.29 is 4.74 Å². The fraction of sp³-hybridized carbons (Fsp3) is 0.500. The van der Waals surface area contributed by atoms with Gasteiger partial charge < -0.3 is 9.14 Å². The Hall–Kier alpha value is -1.51. The Morgan fingerprint density at radius 2 is 2.24 bits per heavy atom. The van der Waals surface area contributed by atoms with Gasteiger partial charge in [-0.1, -0.05) is 20.8 Å². The molecule has 1 aliphatic carbocycles. The molecule has 90 valence electrons. The van der Waals surface area contributed by atoms with Crippen LogP contribution in [0.5, 0.6) is 5.75 Å². The second kappa shape index (κ2) is 3.25. The summed E-state index contributed by atoms with van der Waals surface area (Å²) in [6.45, 7) is 6.85. The molecule has 1 atom stereocenters.